The molecule has 0 spiro atoms. The van der Waals surface area contributed by atoms with Gasteiger partial charge in [0, 0.05) is 117 Å². The van der Waals surface area contributed by atoms with Crippen LogP contribution in [0, 0.1) is 39.9 Å². The smallest absolute Gasteiger partial charge is 0.549 e. The maximum absolute atomic E-state index is 12.9. The third-order valence-corrected chi connectivity index (χ3v) is 17.2. The molecule has 25 nitrogen and oxygen atoms in total. The predicted octanol–water partition coefficient (Wildman–Crippen LogP) is 5.66. The summed E-state index contributed by atoms with van der Waals surface area (Å²) in [6.07, 6.45) is 34.9. The second-order valence-electron chi connectivity index (χ2n) is 24.7. The molecule has 1 aliphatic rings. The molecule has 0 aromatic carbocycles. The van der Waals surface area contributed by atoms with Gasteiger partial charge in [-0.25, -0.2) is 9.36 Å². The van der Waals surface area contributed by atoms with E-state index in [1.165, 1.54) is 116 Å². The zero-order valence-corrected chi connectivity index (χ0v) is 60.2. The van der Waals surface area contributed by atoms with Crippen LogP contribution in [0.15, 0.2) is 0 Å². The van der Waals surface area contributed by atoms with Gasteiger partial charge in [-0.3, -0.25) is 47.8 Å². The molecule has 1 unspecified atom stereocenters. The van der Waals surface area contributed by atoms with E-state index in [-0.39, 0.29) is 156 Å². The number of amides is 4. The number of ether oxygens (including phenoxy) is 2. The molecule has 541 valence electrons. The molecule has 4 amide bonds. The van der Waals surface area contributed by atoms with Crippen LogP contribution in [0.3, 0.4) is 0 Å². The fourth-order valence-electron chi connectivity index (χ4n) is 10.8. The monoisotopic (exact) mass is 1490 g/mol. The van der Waals surface area contributed by atoms with Crippen LogP contribution in [0.2, 0.25) is 0 Å². The number of rotatable bonds is 59. The quantitative estimate of drug-likeness (QED) is 0.0278. The van der Waals surface area contributed by atoms with Crippen molar-refractivity contribution in [2.75, 3.05) is 125 Å². The Labute approximate surface area is 589 Å². The second-order valence-corrected chi connectivity index (χ2v) is 26.2. The number of unbranched alkanes of at least 4 members (excludes halogenated alkanes) is 29. The topological polar surface area (TPSA) is 341 Å². The van der Waals surface area contributed by atoms with Gasteiger partial charge in [-0.05, 0) is 38.5 Å². The third-order valence-electron chi connectivity index (χ3n) is 16.2. The van der Waals surface area contributed by atoms with Crippen LogP contribution in [0.25, 0.3) is 0 Å². The first kappa shape index (κ1) is 89.8. The zero-order chi connectivity index (χ0) is 67.6. The minimum absolute atomic E-state index is 0. The van der Waals surface area contributed by atoms with E-state index in [2.05, 4.69) is 35.1 Å². The van der Waals surface area contributed by atoms with Crippen molar-refractivity contribution >= 4 is 55.5 Å². The summed E-state index contributed by atoms with van der Waals surface area (Å²) in [7, 11) is -4.65. The molecule has 1 rings (SSSR count). The summed E-state index contributed by atoms with van der Waals surface area (Å²) in [5, 5.41) is 45.4. The van der Waals surface area contributed by atoms with Crippen LogP contribution in [-0.4, -0.2) is 203 Å². The first-order valence-corrected chi connectivity index (χ1v) is 36.9. The molecule has 1 aliphatic heterocycles. The van der Waals surface area contributed by atoms with E-state index in [9.17, 15) is 63.1 Å². The van der Waals surface area contributed by atoms with Crippen LogP contribution in [0.5, 0.6) is 0 Å². The van der Waals surface area contributed by atoms with E-state index in [0.29, 0.717) is 71.2 Å². The first-order chi connectivity index (χ1) is 44.4. The van der Waals surface area contributed by atoms with Crippen LogP contribution in [-0.2, 0) is 56.6 Å². The van der Waals surface area contributed by atoms with Gasteiger partial charge in [0.25, 0.3) is 0 Å². The number of carboxylic acid groups (broad SMARTS) is 3. The molecule has 93 heavy (non-hydrogen) atoms. The first-order valence-electron chi connectivity index (χ1n) is 35.4. The molecule has 27 heteroatoms. The van der Waals surface area contributed by atoms with Crippen molar-refractivity contribution in [3.05, 3.63) is 0 Å². The van der Waals surface area contributed by atoms with Gasteiger partial charge in [-0.15, -0.1) is 0 Å². The van der Waals surface area contributed by atoms with E-state index < -0.39 is 56.9 Å². The van der Waals surface area contributed by atoms with Crippen molar-refractivity contribution in [3.63, 3.8) is 0 Å². The number of esters is 2. The molecule has 2 atom stereocenters. The normalized spacial score (nSPS) is 14.7. The van der Waals surface area contributed by atoms with Crippen molar-refractivity contribution in [1.29, 1.82) is 0 Å². The van der Waals surface area contributed by atoms with Crippen LogP contribution >= 0.6 is 7.82 Å². The number of carbonyl (C=O) groups excluding carboxylic acids is 8. The van der Waals surface area contributed by atoms with Crippen molar-refractivity contribution in [2.24, 2.45) is 0 Å². The van der Waals surface area contributed by atoms with Gasteiger partial charge in [-0.1, -0.05) is 187 Å². The summed E-state index contributed by atoms with van der Waals surface area (Å²) >= 11 is 0. The van der Waals surface area contributed by atoms with Crippen molar-refractivity contribution < 1.29 is 122 Å². The molecule has 0 aromatic rings. The zero-order valence-electron chi connectivity index (χ0n) is 57.0. The van der Waals surface area contributed by atoms with Crippen molar-refractivity contribution in [1.82, 2.24) is 40.9 Å². The van der Waals surface area contributed by atoms with Gasteiger partial charge in [-0.2, -0.15) is 0 Å². The Hall–Kier alpha value is -3.17. The summed E-state index contributed by atoms with van der Waals surface area (Å²) in [5.74, 6) is -5.36. The number of phosphoric acid groups is 1. The maximum atomic E-state index is 12.9. The van der Waals surface area contributed by atoms with Crippen LogP contribution < -0.4 is 36.6 Å². The van der Waals surface area contributed by atoms with Crippen LogP contribution in [0.1, 0.15) is 245 Å². The summed E-state index contributed by atoms with van der Waals surface area (Å²) < 4.78 is 34.1. The average molecular weight is 1490 g/mol. The molecule has 1 radical (unpaired) electrons. The van der Waals surface area contributed by atoms with E-state index in [1.54, 1.807) is 14.7 Å². The Morgan fingerprint density at radius 1 is 0.398 bits per heavy atom. The molecule has 0 aromatic heterocycles. The van der Waals surface area contributed by atoms with Gasteiger partial charge < -0.3 is 65.3 Å². The third kappa shape index (κ3) is 59.8. The van der Waals surface area contributed by atoms with E-state index >= 15 is 0 Å². The molecule has 0 bridgehead atoms. The van der Waals surface area contributed by atoms with Gasteiger partial charge in [0.1, 0.15) is 6.61 Å². The standard InChI is InChI=1S/C66H125N8O17P.Gd/c1-3-5-7-9-11-13-15-17-19-21-23-25-31-37-64(83)88-56-58(91-65(84)38-32-26-24-22-20-18-16-14-12-10-8-6-4-2)57-90-92(86,87)89-51-42-68-59(75)36-30-29-35-41-70-66(85)69-40-34-28-27-33-39-67-60(76)52-71-43-45-72(53-61(77)78)47-49-74(55-63(81)82)50-48-73(46-44-71)54-62(79)80;/h58H,3-57H2,1-2H3,(H,67,76)(H,68,75)(H,77,78)(H,79,80)(H,81,82)(H,86,87)(H2,69,70,85);/q;+3/p-3/t58-;/m0./s1. The summed E-state index contributed by atoms with van der Waals surface area (Å²) in [6, 6.07) is -0.305. The molecule has 0 aliphatic carbocycles. The number of carboxylic acids is 3. The number of hydrogen-bond donors (Lipinski definition) is 5. The predicted molar refractivity (Wildman–Crippen MR) is 348 cm³/mol. The summed E-state index contributed by atoms with van der Waals surface area (Å²) in [6.45, 7) is 5.27. The number of carbonyl (C=O) groups is 8. The SMILES string of the molecule is CCCCCCCCCCCCCCCC(=O)OC[C@@H](COP(=O)(O)OCCNC(=O)CCCCCNC(=O)NCCCCCCNC(=O)CN1CCN(CC(=O)[O-])CCN(CC(=O)[O-])CCN(CC(=O)[O-])CC1)OC(=O)CCCCCCCCCCCCCCC.[Gd+3]. The number of phosphoric ester groups is 1. The molecule has 1 saturated heterocycles. The molecule has 1 fully saturated rings. The van der Waals surface area contributed by atoms with Gasteiger partial charge in [0.05, 0.1) is 37.7 Å². The Bertz CT molecular complexity index is 1970. The minimum atomic E-state index is -4.65. The van der Waals surface area contributed by atoms with E-state index in [0.717, 1.165) is 57.8 Å². The van der Waals surface area contributed by atoms with E-state index in [1.807, 2.05) is 4.90 Å². The molecule has 1 heterocycles. The number of nitrogens with one attached hydrogen (secondary N) is 4. The van der Waals surface area contributed by atoms with Gasteiger partial charge in [0.2, 0.25) is 11.8 Å². The molecule has 5 N–H and O–H groups in total. The maximum Gasteiger partial charge on any atom is 3.00 e. The van der Waals surface area contributed by atoms with Gasteiger partial charge in [0.15, 0.2) is 6.10 Å². The summed E-state index contributed by atoms with van der Waals surface area (Å²) in [5.41, 5.74) is 0. The average Bonchev–Trinajstić information content (AvgIpc) is 2.22. The Morgan fingerprint density at radius 2 is 0.720 bits per heavy atom. The number of urea groups is 1. The van der Waals surface area contributed by atoms with Crippen LogP contribution in [0.4, 0.5) is 4.79 Å². The molecule has 0 saturated carbocycles. The van der Waals surface area contributed by atoms with Crippen molar-refractivity contribution in [3.8, 4) is 0 Å². The molecular formula is C66H122GdN8O17P. The Morgan fingerprint density at radius 3 is 1.12 bits per heavy atom. The fraction of sp³-hybridized carbons (Fsp3) is 0.879. The van der Waals surface area contributed by atoms with E-state index in [4.69, 9.17) is 18.5 Å². The number of aliphatic carboxylic acids is 3. The number of nitrogens with zero attached hydrogens (tertiary/aromatic N) is 4. The van der Waals surface area contributed by atoms with Crippen molar-refractivity contribution in [2.45, 2.75) is 251 Å². The Balaban J connectivity index is 0.0000846. The fourth-order valence-corrected chi connectivity index (χ4v) is 11.5. The van der Waals surface area contributed by atoms with Gasteiger partial charge >= 0.3 is 65.7 Å². The minimum Gasteiger partial charge on any atom is -0.549 e. The largest absolute Gasteiger partial charge is 3.00 e. The number of hydrogen-bond acceptors (Lipinski definition) is 20. The second kappa shape index (κ2) is 62.4. The summed E-state index contributed by atoms with van der Waals surface area (Å²) in [4.78, 5) is 115. The molecular weight excluding hydrogens is 1360 g/mol. The Kier molecular flexibility index (Phi) is 60.2.